The highest BCUT2D eigenvalue weighted by Gasteiger charge is 2.31. The maximum absolute atomic E-state index is 12.0. The van der Waals surface area contributed by atoms with Gasteiger partial charge >= 0.3 is 6.03 Å². The SMILES string of the molecule is CC1=CCC[C@H](C)[C@H]1CN1CCC(N2CCCNC2=O)CC1. The summed E-state index contributed by atoms with van der Waals surface area (Å²) in [5.74, 6) is 1.55. The lowest BCUT2D eigenvalue weighted by atomic mass is 9.79. The molecule has 0 spiro atoms. The van der Waals surface area contributed by atoms with Gasteiger partial charge in [0.15, 0.2) is 0 Å². The Morgan fingerprint density at radius 3 is 2.68 bits per heavy atom. The maximum Gasteiger partial charge on any atom is 0.317 e. The van der Waals surface area contributed by atoms with Crippen molar-refractivity contribution < 1.29 is 4.79 Å². The first-order chi connectivity index (χ1) is 10.6. The van der Waals surface area contributed by atoms with Crippen molar-refractivity contribution >= 4 is 6.03 Å². The summed E-state index contributed by atoms with van der Waals surface area (Å²) in [5.41, 5.74) is 1.59. The van der Waals surface area contributed by atoms with Gasteiger partial charge in [-0.3, -0.25) is 0 Å². The third-order valence-corrected chi connectivity index (χ3v) is 5.93. The number of likely N-dealkylation sites (tertiary alicyclic amines) is 1. The molecule has 1 N–H and O–H groups in total. The molecule has 22 heavy (non-hydrogen) atoms. The van der Waals surface area contributed by atoms with E-state index in [4.69, 9.17) is 0 Å². The number of nitrogens with one attached hydrogen (secondary N) is 1. The monoisotopic (exact) mass is 305 g/mol. The Morgan fingerprint density at radius 2 is 2.00 bits per heavy atom. The molecular weight excluding hydrogens is 274 g/mol. The minimum Gasteiger partial charge on any atom is -0.338 e. The van der Waals surface area contributed by atoms with Crippen LogP contribution in [0.1, 0.15) is 46.0 Å². The molecule has 0 aromatic rings. The van der Waals surface area contributed by atoms with Gasteiger partial charge in [0.05, 0.1) is 0 Å². The Hall–Kier alpha value is -1.03. The summed E-state index contributed by atoms with van der Waals surface area (Å²) in [4.78, 5) is 16.7. The number of urea groups is 1. The zero-order valence-corrected chi connectivity index (χ0v) is 14.2. The van der Waals surface area contributed by atoms with E-state index in [2.05, 4.69) is 35.0 Å². The highest BCUT2D eigenvalue weighted by molar-refractivity contribution is 5.75. The summed E-state index contributed by atoms with van der Waals surface area (Å²) < 4.78 is 0. The van der Waals surface area contributed by atoms with Crippen molar-refractivity contribution in [1.82, 2.24) is 15.1 Å². The van der Waals surface area contributed by atoms with Crippen LogP contribution in [0, 0.1) is 11.8 Å². The molecule has 0 saturated carbocycles. The molecule has 0 bridgehead atoms. The van der Waals surface area contributed by atoms with Crippen LogP contribution in [0.4, 0.5) is 4.79 Å². The zero-order chi connectivity index (χ0) is 15.5. The summed E-state index contributed by atoms with van der Waals surface area (Å²) >= 11 is 0. The van der Waals surface area contributed by atoms with Gasteiger partial charge in [0.2, 0.25) is 0 Å². The number of carbonyl (C=O) groups is 1. The lowest BCUT2D eigenvalue weighted by Crippen LogP contribution is -2.54. The van der Waals surface area contributed by atoms with Crippen molar-refractivity contribution in [3.63, 3.8) is 0 Å². The molecule has 3 rings (SSSR count). The van der Waals surface area contributed by atoms with Gasteiger partial charge in [0, 0.05) is 38.8 Å². The molecule has 2 heterocycles. The predicted molar refractivity (Wildman–Crippen MR) is 89.8 cm³/mol. The van der Waals surface area contributed by atoms with E-state index >= 15 is 0 Å². The number of hydrogen-bond acceptors (Lipinski definition) is 2. The minimum absolute atomic E-state index is 0.157. The second kappa shape index (κ2) is 7.03. The highest BCUT2D eigenvalue weighted by Crippen LogP contribution is 2.31. The van der Waals surface area contributed by atoms with Crippen molar-refractivity contribution in [3.05, 3.63) is 11.6 Å². The quantitative estimate of drug-likeness (QED) is 0.814. The van der Waals surface area contributed by atoms with Crippen molar-refractivity contribution in [3.8, 4) is 0 Å². The second-order valence-corrected chi connectivity index (χ2v) is 7.42. The first-order valence-electron chi connectivity index (χ1n) is 9.08. The number of amides is 2. The smallest absolute Gasteiger partial charge is 0.317 e. The van der Waals surface area contributed by atoms with E-state index in [0.717, 1.165) is 57.3 Å². The van der Waals surface area contributed by atoms with Crippen LogP contribution in [-0.2, 0) is 0 Å². The third-order valence-electron chi connectivity index (χ3n) is 5.93. The summed E-state index contributed by atoms with van der Waals surface area (Å²) in [7, 11) is 0. The topological polar surface area (TPSA) is 35.6 Å². The molecular formula is C18H31N3O. The summed E-state index contributed by atoms with van der Waals surface area (Å²) in [5, 5.41) is 2.98. The fraction of sp³-hybridized carbons (Fsp3) is 0.833. The normalized spacial score (nSPS) is 31.8. The van der Waals surface area contributed by atoms with Crippen LogP contribution in [0.5, 0.6) is 0 Å². The number of rotatable bonds is 3. The molecule has 2 saturated heterocycles. The largest absolute Gasteiger partial charge is 0.338 e. The van der Waals surface area contributed by atoms with Crippen LogP contribution >= 0.6 is 0 Å². The van der Waals surface area contributed by atoms with Gasteiger partial charge in [-0.1, -0.05) is 18.6 Å². The molecule has 3 aliphatic rings. The van der Waals surface area contributed by atoms with Crippen molar-refractivity contribution in [1.29, 1.82) is 0 Å². The molecule has 0 aromatic heterocycles. The van der Waals surface area contributed by atoms with E-state index in [9.17, 15) is 4.79 Å². The van der Waals surface area contributed by atoms with Gasteiger partial charge in [0.1, 0.15) is 0 Å². The highest BCUT2D eigenvalue weighted by atomic mass is 16.2. The predicted octanol–water partition coefficient (Wildman–Crippen LogP) is 2.86. The fourth-order valence-electron chi connectivity index (χ4n) is 4.39. The second-order valence-electron chi connectivity index (χ2n) is 7.42. The summed E-state index contributed by atoms with van der Waals surface area (Å²) in [6.07, 6.45) is 8.40. The van der Waals surface area contributed by atoms with Gasteiger partial charge < -0.3 is 15.1 Å². The Bertz CT molecular complexity index is 426. The average Bonchev–Trinajstić information content (AvgIpc) is 2.52. The van der Waals surface area contributed by atoms with Crippen LogP contribution in [-0.4, -0.2) is 54.6 Å². The number of nitrogens with zero attached hydrogens (tertiary/aromatic N) is 2. The molecule has 2 atom stereocenters. The first-order valence-corrected chi connectivity index (χ1v) is 9.08. The van der Waals surface area contributed by atoms with Crippen LogP contribution in [0.15, 0.2) is 11.6 Å². The molecule has 2 amide bonds. The zero-order valence-electron chi connectivity index (χ0n) is 14.2. The van der Waals surface area contributed by atoms with Crippen LogP contribution in [0.2, 0.25) is 0 Å². The van der Waals surface area contributed by atoms with Gasteiger partial charge in [-0.15, -0.1) is 0 Å². The third kappa shape index (κ3) is 3.48. The Kier molecular flexibility index (Phi) is 5.07. The number of piperidine rings is 1. The van der Waals surface area contributed by atoms with E-state index in [1.54, 1.807) is 5.57 Å². The van der Waals surface area contributed by atoms with Crippen molar-refractivity contribution in [2.24, 2.45) is 11.8 Å². The minimum atomic E-state index is 0.157. The van der Waals surface area contributed by atoms with Gasteiger partial charge in [0.25, 0.3) is 0 Å². The van der Waals surface area contributed by atoms with Gasteiger partial charge in [-0.25, -0.2) is 4.79 Å². The van der Waals surface area contributed by atoms with E-state index in [1.807, 2.05) is 0 Å². The Balaban J connectivity index is 1.50. The van der Waals surface area contributed by atoms with E-state index in [0.29, 0.717) is 6.04 Å². The van der Waals surface area contributed by atoms with Crippen LogP contribution < -0.4 is 5.32 Å². The summed E-state index contributed by atoms with van der Waals surface area (Å²) in [6.45, 7) is 10.0. The van der Waals surface area contributed by atoms with E-state index in [1.165, 1.54) is 19.4 Å². The average molecular weight is 305 g/mol. The van der Waals surface area contributed by atoms with Gasteiger partial charge in [-0.05, 0) is 50.9 Å². The molecule has 4 nitrogen and oxygen atoms in total. The molecule has 0 aromatic carbocycles. The fourth-order valence-corrected chi connectivity index (χ4v) is 4.39. The lowest BCUT2D eigenvalue weighted by Gasteiger charge is -2.42. The molecule has 4 heteroatoms. The number of hydrogen-bond donors (Lipinski definition) is 1. The Morgan fingerprint density at radius 1 is 1.23 bits per heavy atom. The standard InChI is InChI=1S/C18H31N3O/c1-14-5-3-6-15(2)17(14)13-20-11-7-16(8-12-20)21-10-4-9-19-18(21)22/h5,15-17H,3-4,6-13H2,1-2H3,(H,19,22)/t15-,17-/m0/s1. The molecule has 1 aliphatic carbocycles. The Labute approximate surface area is 134 Å². The number of carbonyl (C=O) groups excluding carboxylic acids is 1. The maximum atomic E-state index is 12.0. The lowest BCUT2D eigenvalue weighted by molar-refractivity contribution is 0.100. The van der Waals surface area contributed by atoms with Crippen molar-refractivity contribution in [2.45, 2.75) is 52.0 Å². The number of allylic oxidation sites excluding steroid dienone is 1. The van der Waals surface area contributed by atoms with Gasteiger partial charge in [-0.2, -0.15) is 0 Å². The van der Waals surface area contributed by atoms with E-state index < -0.39 is 0 Å². The van der Waals surface area contributed by atoms with Crippen molar-refractivity contribution in [2.75, 3.05) is 32.7 Å². The molecule has 0 unspecified atom stereocenters. The first kappa shape index (κ1) is 15.9. The van der Waals surface area contributed by atoms with Crippen LogP contribution in [0.3, 0.4) is 0 Å². The molecule has 2 fully saturated rings. The molecule has 124 valence electrons. The van der Waals surface area contributed by atoms with E-state index in [-0.39, 0.29) is 6.03 Å². The molecule has 2 aliphatic heterocycles. The summed E-state index contributed by atoms with van der Waals surface area (Å²) in [6, 6.07) is 0.612. The van der Waals surface area contributed by atoms with Crippen LogP contribution in [0.25, 0.3) is 0 Å². The molecule has 0 radical (unpaired) electrons.